The molecule has 0 spiro atoms. The first-order valence-electron chi connectivity index (χ1n) is 5.73. The molecule has 2 rings (SSSR count). The summed E-state index contributed by atoms with van der Waals surface area (Å²) in [7, 11) is 1.53. The first-order chi connectivity index (χ1) is 8.95. The number of nitrogens with one attached hydrogen (secondary N) is 1. The smallest absolute Gasteiger partial charge is 0.385 e. The van der Waals surface area contributed by atoms with Gasteiger partial charge < -0.3 is 9.72 Å². The number of benzene rings is 1. The summed E-state index contributed by atoms with van der Waals surface area (Å²) >= 11 is 0. The number of fused-ring (bicyclic) bond motifs is 1. The molecule has 0 aliphatic rings. The van der Waals surface area contributed by atoms with Crippen LogP contribution >= 0.6 is 0 Å². The van der Waals surface area contributed by atoms with Gasteiger partial charge in [0.2, 0.25) is 0 Å². The molecule has 0 saturated heterocycles. The van der Waals surface area contributed by atoms with Crippen LogP contribution in [0.25, 0.3) is 11.0 Å². The third-order valence-electron chi connectivity index (χ3n) is 2.85. The summed E-state index contributed by atoms with van der Waals surface area (Å²) in [6, 6.07) is 3.75. The Kier molecular flexibility index (Phi) is 3.66. The van der Waals surface area contributed by atoms with E-state index >= 15 is 0 Å². The fraction of sp³-hybridized carbons (Fsp3) is 0.417. The van der Waals surface area contributed by atoms with Crippen LogP contribution in [0.15, 0.2) is 23.0 Å². The number of ether oxygens (including phenoxy) is 1. The van der Waals surface area contributed by atoms with Crippen molar-refractivity contribution in [1.29, 1.82) is 0 Å². The van der Waals surface area contributed by atoms with Gasteiger partial charge in [-0.3, -0.25) is 4.57 Å². The zero-order valence-corrected chi connectivity index (χ0v) is 10.3. The Morgan fingerprint density at radius 3 is 2.74 bits per heavy atom. The molecular formula is C12H13F3N2O2. The topological polar surface area (TPSA) is 47.0 Å². The number of nitrogens with zero attached hydrogens (tertiary/aromatic N) is 1. The van der Waals surface area contributed by atoms with E-state index in [1.807, 2.05) is 0 Å². The summed E-state index contributed by atoms with van der Waals surface area (Å²) in [6.45, 7) is 0.756. The lowest BCUT2D eigenvalue weighted by molar-refractivity contribution is -0.136. The van der Waals surface area contributed by atoms with E-state index in [1.54, 1.807) is 0 Å². The normalized spacial score (nSPS) is 12.2. The molecule has 1 N–H and O–H groups in total. The number of H-pyrrole nitrogens is 1. The number of hydrogen-bond acceptors (Lipinski definition) is 2. The van der Waals surface area contributed by atoms with Crippen LogP contribution in [-0.4, -0.2) is 23.3 Å². The van der Waals surface area contributed by atoms with Gasteiger partial charge in [0.25, 0.3) is 0 Å². The second-order valence-corrected chi connectivity index (χ2v) is 4.13. The molecule has 2 aromatic rings. The van der Waals surface area contributed by atoms with Gasteiger partial charge in [-0.25, -0.2) is 4.79 Å². The number of imidazole rings is 1. The first kappa shape index (κ1) is 13.7. The van der Waals surface area contributed by atoms with Crippen molar-refractivity contribution in [3.05, 3.63) is 34.2 Å². The van der Waals surface area contributed by atoms with E-state index in [1.165, 1.54) is 23.8 Å². The summed E-state index contributed by atoms with van der Waals surface area (Å²) in [4.78, 5) is 14.0. The Morgan fingerprint density at radius 1 is 1.37 bits per heavy atom. The Labute approximate surface area is 106 Å². The minimum absolute atomic E-state index is 0.169. The maximum atomic E-state index is 12.8. The summed E-state index contributed by atoms with van der Waals surface area (Å²) in [5.41, 5.74) is -1.27. The molecule has 0 radical (unpaired) electrons. The molecule has 0 saturated carbocycles. The second kappa shape index (κ2) is 5.08. The third-order valence-corrected chi connectivity index (χ3v) is 2.85. The molecule has 7 heteroatoms. The molecule has 19 heavy (non-hydrogen) atoms. The summed E-state index contributed by atoms with van der Waals surface area (Å²) in [5, 5.41) is 0. The second-order valence-electron chi connectivity index (χ2n) is 4.13. The maximum Gasteiger partial charge on any atom is 0.418 e. The van der Waals surface area contributed by atoms with Gasteiger partial charge in [-0.1, -0.05) is 6.07 Å². The first-order valence-corrected chi connectivity index (χ1v) is 5.73. The third kappa shape index (κ3) is 2.65. The quantitative estimate of drug-likeness (QED) is 0.870. The van der Waals surface area contributed by atoms with Crippen LogP contribution in [0.5, 0.6) is 0 Å². The zero-order valence-electron chi connectivity index (χ0n) is 10.3. The highest BCUT2D eigenvalue weighted by Crippen LogP contribution is 2.33. The highest BCUT2D eigenvalue weighted by atomic mass is 19.4. The van der Waals surface area contributed by atoms with Crippen LogP contribution in [-0.2, 0) is 17.5 Å². The summed E-state index contributed by atoms with van der Waals surface area (Å²) in [6.07, 6.45) is -3.93. The Balaban J connectivity index is 2.50. The lowest BCUT2D eigenvalue weighted by atomic mass is 10.2. The van der Waals surface area contributed by atoms with Crippen LogP contribution in [0.4, 0.5) is 13.2 Å². The van der Waals surface area contributed by atoms with E-state index < -0.39 is 17.4 Å². The van der Waals surface area contributed by atoms with Crippen molar-refractivity contribution < 1.29 is 17.9 Å². The van der Waals surface area contributed by atoms with Crippen molar-refractivity contribution in [3.63, 3.8) is 0 Å². The molecule has 0 aliphatic heterocycles. The Bertz CT molecular complexity index is 628. The zero-order chi connectivity index (χ0) is 14.0. The summed E-state index contributed by atoms with van der Waals surface area (Å²) < 4.78 is 44.6. The minimum atomic E-state index is -4.48. The summed E-state index contributed by atoms with van der Waals surface area (Å²) in [5.74, 6) is 0. The maximum absolute atomic E-state index is 12.8. The van der Waals surface area contributed by atoms with Crippen LogP contribution in [0.2, 0.25) is 0 Å². The van der Waals surface area contributed by atoms with Gasteiger partial charge >= 0.3 is 11.9 Å². The van der Waals surface area contributed by atoms with E-state index in [2.05, 4.69) is 4.98 Å². The molecule has 0 bridgehead atoms. The fourth-order valence-electron chi connectivity index (χ4n) is 2.01. The molecule has 0 amide bonds. The molecule has 0 fully saturated rings. The lowest BCUT2D eigenvalue weighted by Gasteiger charge is -2.08. The fourth-order valence-corrected chi connectivity index (χ4v) is 2.01. The monoisotopic (exact) mass is 274 g/mol. The van der Waals surface area contributed by atoms with Crippen molar-refractivity contribution in [2.75, 3.05) is 13.7 Å². The Morgan fingerprint density at radius 2 is 2.11 bits per heavy atom. The number of aryl methyl sites for hydroxylation is 1. The predicted molar refractivity (Wildman–Crippen MR) is 64.1 cm³/mol. The predicted octanol–water partition coefficient (Wildman–Crippen LogP) is 2.38. The van der Waals surface area contributed by atoms with Gasteiger partial charge in [-0.05, 0) is 18.6 Å². The number of rotatable bonds is 4. The molecule has 1 aromatic heterocycles. The van der Waals surface area contributed by atoms with Crippen LogP contribution in [0, 0.1) is 0 Å². The van der Waals surface area contributed by atoms with E-state index in [9.17, 15) is 18.0 Å². The highest BCUT2D eigenvalue weighted by Gasteiger charge is 2.33. The van der Waals surface area contributed by atoms with Gasteiger partial charge in [0.15, 0.2) is 0 Å². The van der Waals surface area contributed by atoms with Crippen molar-refractivity contribution in [2.45, 2.75) is 19.1 Å². The average Bonchev–Trinajstić information content (AvgIpc) is 2.64. The SMILES string of the molecule is COCCCn1c(=O)[nH]c2c(C(F)(F)F)cccc21. The number of aromatic nitrogens is 2. The molecular weight excluding hydrogens is 261 g/mol. The lowest BCUT2D eigenvalue weighted by Crippen LogP contribution is -2.17. The largest absolute Gasteiger partial charge is 0.418 e. The number of hydrogen-bond donors (Lipinski definition) is 1. The average molecular weight is 274 g/mol. The van der Waals surface area contributed by atoms with Crippen molar-refractivity contribution in [2.24, 2.45) is 0 Å². The van der Waals surface area contributed by atoms with Gasteiger partial charge in [0.1, 0.15) is 0 Å². The molecule has 0 unspecified atom stereocenters. The number of alkyl halides is 3. The molecule has 1 heterocycles. The van der Waals surface area contributed by atoms with Gasteiger partial charge in [0.05, 0.1) is 16.6 Å². The molecule has 4 nitrogen and oxygen atoms in total. The van der Waals surface area contributed by atoms with Crippen LogP contribution in [0.1, 0.15) is 12.0 Å². The van der Waals surface area contributed by atoms with E-state index in [4.69, 9.17) is 4.74 Å². The number of halogens is 3. The molecule has 1 aromatic carbocycles. The highest BCUT2D eigenvalue weighted by molar-refractivity contribution is 5.79. The van der Waals surface area contributed by atoms with Crippen molar-refractivity contribution in [3.8, 4) is 0 Å². The number of aromatic amines is 1. The van der Waals surface area contributed by atoms with Crippen molar-refractivity contribution in [1.82, 2.24) is 9.55 Å². The molecule has 104 valence electrons. The van der Waals surface area contributed by atoms with Crippen molar-refractivity contribution >= 4 is 11.0 Å². The molecule has 0 atom stereocenters. The van der Waals surface area contributed by atoms with E-state index in [-0.39, 0.29) is 11.0 Å². The standard InChI is InChI=1S/C12H13F3N2O2/c1-19-7-3-6-17-9-5-2-4-8(12(13,14)15)10(9)16-11(17)18/h2,4-5H,3,6-7H2,1H3,(H,16,18). The number of methoxy groups -OCH3 is 1. The van der Waals surface area contributed by atoms with E-state index in [0.717, 1.165) is 6.07 Å². The Hall–Kier alpha value is -1.76. The van der Waals surface area contributed by atoms with E-state index in [0.29, 0.717) is 19.6 Å². The van der Waals surface area contributed by atoms with Crippen LogP contribution in [0.3, 0.4) is 0 Å². The number of para-hydroxylation sites is 1. The van der Waals surface area contributed by atoms with Crippen LogP contribution < -0.4 is 5.69 Å². The van der Waals surface area contributed by atoms with Gasteiger partial charge in [-0.2, -0.15) is 13.2 Å². The van der Waals surface area contributed by atoms with Gasteiger partial charge in [0, 0.05) is 20.3 Å². The minimum Gasteiger partial charge on any atom is -0.385 e. The van der Waals surface area contributed by atoms with Gasteiger partial charge in [-0.15, -0.1) is 0 Å². The molecule has 0 aliphatic carbocycles.